The monoisotopic (exact) mass is 289 g/mol. The number of carbonyl (C=O) groups is 1. The number of ether oxygens (including phenoxy) is 1. The normalized spacial score (nSPS) is 16.0. The van der Waals surface area contributed by atoms with Crippen molar-refractivity contribution in [2.24, 2.45) is 0 Å². The Morgan fingerprint density at radius 2 is 2.05 bits per heavy atom. The zero-order chi connectivity index (χ0) is 15.2. The Labute approximate surface area is 123 Å². The first-order chi connectivity index (χ1) is 10.1. The topological polar surface area (TPSA) is 69.4 Å². The second-order valence-electron chi connectivity index (χ2n) is 5.26. The number of esters is 1. The van der Waals surface area contributed by atoms with Gasteiger partial charge in [0.15, 0.2) is 0 Å². The minimum atomic E-state index is -0.436. The number of rotatable bonds is 5. The Kier molecular flexibility index (Phi) is 5.09. The molecule has 2 rings (SSSR count). The molecule has 0 heterocycles. The molecule has 112 valence electrons. The van der Waals surface area contributed by atoms with Crippen molar-refractivity contribution in [3.05, 3.63) is 51.6 Å². The summed E-state index contributed by atoms with van der Waals surface area (Å²) in [6, 6.07) is 6.21. The number of allylic oxidation sites excluding steroid dienone is 1. The molecule has 0 saturated carbocycles. The Balaban J connectivity index is 2.16. The summed E-state index contributed by atoms with van der Waals surface area (Å²) in [5.74, 6) is -0.338. The summed E-state index contributed by atoms with van der Waals surface area (Å²) < 4.78 is 5.39. The molecule has 1 aliphatic carbocycles. The summed E-state index contributed by atoms with van der Waals surface area (Å²) in [5.41, 5.74) is 2.13. The molecule has 0 aromatic heterocycles. The average molecular weight is 289 g/mol. The van der Waals surface area contributed by atoms with Crippen molar-refractivity contribution in [3.63, 3.8) is 0 Å². The second-order valence-corrected chi connectivity index (χ2v) is 5.26. The molecule has 1 unspecified atom stereocenters. The quantitative estimate of drug-likeness (QED) is 0.354. The highest BCUT2D eigenvalue weighted by Crippen LogP contribution is 2.31. The molecule has 1 aromatic rings. The van der Waals surface area contributed by atoms with E-state index < -0.39 is 4.92 Å². The Morgan fingerprint density at radius 3 is 2.57 bits per heavy atom. The third kappa shape index (κ3) is 4.41. The van der Waals surface area contributed by atoms with Crippen LogP contribution in [0.4, 0.5) is 5.69 Å². The molecular weight excluding hydrogens is 270 g/mol. The molecule has 0 spiro atoms. The smallest absolute Gasteiger partial charge is 0.303 e. The lowest BCUT2D eigenvalue weighted by Gasteiger charge is -2.21. The van der Waals surface area contributed by atoms with E-state index in [4.69, 9.17) is 4.74 Å². The third-order valence-electron chi connectivity index (χ3n) is 3.62. The fraction of sp³-hybridized carbons (Fsp3) is 0.438. The van der Waals surface area contributed by atoms with E-state index in [1.54, 1.807) is 12.1 Å². The van der Waals surface area contributed by atoms with Gasteiger partial charge in [0.1, 0.15) is 6.10 Å². The second kappa shape index (κ2) is 7.02. The van der Waals surface area contributed by atoms with E-state index in [0.717, 1.165) is 18.4 Å². The number of hydrogen-bond donors (Lipinski definition) is 0. The number of hydrogen-bond acceptors (Lipinski definition) is 4. The van der Waals surface area contributed by atoms with Gasteiger partial charge in [-0.05, 0) is 43.4 Å². The van der Waals surface area contributed by atoms with Gasteiger partial charge >= 0.3 is 5.97 Å². The zero-order valence-corrected chi connectivity index (χ0v) is 12.1. The summed E-state index contributed by atoms with van der Waals surface area (Å²) in [5, 5.41) is 10.7. The number of nitro benzene ring substituents is 1. The van der Waals surface area contributed by atoms with Crippen LogP contribution in [0.15, 0.2) is 35.9 Å². The lowest BCUT2D eigenvalue weighted by molar-refractivity contribution is -0.384. The van der Waals surface area contributed by atoms with Crippen LogP contribution in [0.25, 0.3) is 0 Å². The van der Waals surface area contributed by atoms with Crippen molar-refractivity contribution in [2.45, 2.75) is 45.1 Å². The Hall–Kier alpha value is -2.17. The van der Waals surface area contributed by atoms with Crippen LogP contribution in [0.2, 0.25) is 0 Å². The largest absolute Gasteiger partial charge is 0.457 e. The molecule has 21 heavy (non-hydrogen) atoms. The molecule has 1 aliphatic rings. The summed E-state index contributed by atoms with van der Waals surface area (Å²) in [6.45, 7) is 1.38. The highest BCUT2D eigenvalue weighted by molar-refractivity contribution is 5.66. The van der Waals surface area contributed by atoms with E-state index in [9.17, 15) is 14.9 Å². The number of benzene rings is 1. The van der Waals surface area contributed by atoms with Gasteiger partial charge < -0.3 is 4.74 Å². The van der Waals surface area contributed by atoms with Gasteiger partial charge in [0.05, 0.1) is 4.92 Å². The molecule has 0 radical (unpaired) electrons. The van der Waals surface area contributed by atoms with Crippen LogP contribution >= 0.6 is 0 Å². The number of carbonyl (C=O) groups excluding carboxylic acids is 1. The average Bonchev–Trinajstić information content (AvgIpc) is 2.47. The van der Waals surface area contributed by atoms with E-state index >= 15 is 0 Å². The lowest BCUT2D eigenvalue weighted by atomic mass is 9.93. The van der Waals surface area contributed by atoms with Gasteiger partial charge in [-0.2, -0.15) is 0 Å². The number of nitro groups is 1. The van der Waals surface area contributed by atoms with Gasteiger partial charge in [0.2, 0.25) is 0 Å². The van der Waals surface area contributed by atoms with Gasteiger partial charge in [0, 0.05) is 25.5 Å². The standard InChI is InChI=1S/C16H19NO4/c1-12(18)21-16(11-13-5-3-2-4-6-13)14-7-9-15(10-8-14)17(19)20/h5,7-10,16H,2-4,6,11H2,1H3. The maximum atomic E-state index is 11.3. The van der Waals surface area contributed by atoms with E-state index in [-0.39, 0.29) is 17.8 Å². The molecule has 1 atom stereocenters. The maximum absolute atomic E-state index is 11.3. The fourth-order valence-electron chi connectivity index (χ4n) is 2.57. The van der Waals surface area contributed by atoms with Crippen molar-refractivity contribution in [1.29, 1.82) is 0 Å². The first-order valence-corrected chi connectivity index (χ1v) is 7.16. The van der Waals surface area contributed by atoms with Crippen LogP contribution in [0, 0.1) is 10.1 Å². The van der Waals surface area contributed by atoms with Crippen molar-refractivity contribution >= 4 is 11.7 Å². The lowest BCUT2D eigenvalue weighted by Crippen LogP contribution is -2.10. The van der Waals surface area contributed by atoms with E-state index in [1.165, 1.54) is 37.5 Å². The van der Waals surface area contributed by atoms with Gasteiger partial charge in [-0.1, -0.05) is 11.6 Å². The van der Waals surface area contributed by atoms with Gasteiger partial charge in [0.25, 0.3) is 5.69 Å². The number of nitrogens with zero attached hydrogens (tertiary/aromatic N) is 1. The van der Waals surface area contributed by atoms with Gasteiger partial charge in [-0.15, -0.1) is 0 Å². The molecular formula is C16H19NO4. The molecule has 0 amide bonds. The SMILES string of the molecule is CC(=O)OC(CC1=CCCCC1)c1ccc([N+](=O)[O-])cc1. The predicted octanol–water partition coefficient (Wildman–Crippen LogP) is 4.09. The highest BCUT2D eigenvalue weighted by atomic mass is 16.6. The molecule has 0 bridgehead atoms. The highest BCUT2D eigenvalue weighted by Gasteiger charge is 2.19. The summed E-state index contributed by atoms with van der Waals surface area (Å²) in [6.07, 6.45) is 6.99. The summed E-state index contributed by atoms with van der Waals surface area (Å²) >= 11 is 0. The van der Waals surface area contributed by atoms with Crippen LogP contribution in [-0.4, -0.2) is 10.9 Å². The molecule has 5 heteroatoms. The number of non-ortho nitro benzene ring substituents is 1. The Morgan fingerprint density at radius 1 is 1.33 bits per heavy atom. The van der Waals surface area contributed by atoms with Crippen LogP contribution in [-0.2, 0) is 9.53 Å². The maximum Gasteiger partial charge on any atom is 0.303 e. The minimum Gasteiger partial charge on any atom is -0.457 e. The summed E-state index contributed by atoms with van der Waals surface area (Å²) in [7, 11) is 0. The van der Waals surface area contributed by atoms with Crippen molar-refractivity contribution in [3.8, 4) is 0 Å². The fourth-order valence-corrected chi connectivity index (χ4v) is 2.57. The molecule has 1 aromatic carbocycles. The predicted molar refractivity (Wildman–Crippen MR) is 78.8 cm³/mol. The van der Waals surface area contributed by atoms with Crippen LogP contribution < -0.4 is 0 Å². The van der Waals surface area contributed by atoms with Crippen molar-refractivity contribution in [1.82, 2.24) is 0 Å². The first-order valence-electron chi connectivity index (χ1n) is 7.16. The van der Waals surface area contributed by atoms with E-state index in [0.29, 0.717) is 6.42 Å². The van der Waals surface area contributed by atoms with Crippen LogP contribution in [0.3, 0.4) is 0 Å². The van der Waals surface area contributed by atoms with Crippen molar-refractivity contribution in [2.75, 3.05) is 0 Å². The van der Waals surface area contributed by atoms with E-state index in [2.05, 4.69) is 6.08 Å². The van der Waals surface area contributed by atoms with Crippen LogP contribution in [0.5, 0.6) is 0 Å². The molecule has 0 saturated heterocycles. The zero-order valence-electron chi connectivity index (χ0n) is 12.1. The first kappa shape index (κ1) is 15.2. The van der Waals surface area contributed by atoms with Gasteiger partial charge in [-0.25, -0.2) is 0 Å². The molecule has 0 fully saturated rings. The third-order valence-corrected chi connectivity index (χ3v) is 3.62. The Bertz CT molecular complexity index is 548. The van der Waals surface area contributed by atoms with E-state index in [1.807, 2.05) is 0 Å². The molecule has 0 aliphatic heterocycles. The minimum absolute atomic E-state index is 0.0391. The van der Waals surface area contributed by atoms with Crippen molar-refractivity contribution < 1.29 is 14.5 Å². The van der Waals surface area contributed by atoms with Crippen LogP contribution in [0.1, 0.15) is 50.7 Å². The molecule has 5 nitrogen and oxygen atoms in total. The molecule has 0 N–H and O–H groups in total. The van der Waals surface area contributed by atoms with Gasteiger partial charge in [-0.3, -0.25) is 14.9 Å². The summed E-state index contributed by atoms with van der Waals surface area (Å²) in [4.78, 5) is 21.5.